The topological polar surface area (TPSA) is 26.7 Å². The monoisotopic (exact) mass is 386 g/mol. The number of nitrogens with zero attached hydrogens (tertiary/aromatic N) is 2. The highest BCUT2D eigenvalue weighted by Gasteiger charge is 2.29. The van der Waals surface area contributed by atoms with E-state index in [2.05, 4.69) is 54.7 Å². The number of allylic oxidation sites excluding steroid dienone is 1. The van der Waals surface area contributed by atoms with Crippen molar-refractivity contribution in [3.05, 3.63) is 35.4 Å². The molecule has 0 spiro atoms. The molecule has 2 heterocycles. The molecule has 0 aliphatic carbocycles. The van der Waals surface area contributed by atoms with Gasteiger partial charge in [0, 0.05) is 29.3 Å². The van der Waals surface area contributed by atoms with Crippen molar-refractivity contribution in [1.82, 2.24) is 9.71 Å². The van der Waals surface area contributed by atoms with Crippen molar-refractivity contribution in [2.24, 2.45) is 0 Å². The van der Waals surface area contributed by atoms with Crippen LogP contribution < -0.4 is 0 Å². The van der Waals surface area contributed by atoms with Crippen LogP contribution in [0.25, 0.3) is 5.57 Å². The van der Waals surface area contributed by atoms with Crippen LogP contribution in [0.15, 0.2) is 34.7 Å². The van der Waals surface area contributed by atoms with Gasteiger partial charge in [-0.3, -0.25) is 4.90 Å². The van der Waals surface area contributed by atoms with Crippen LogP contribution in [0.2, 0.25) is 6.82 Å². The maximum atomic E-state index is 9.74. The highest BCUT2D eigenvalue weighted by molar-refractivity contribution is 7.99. The Hall–Kier alpha value is -0.745. The molecule has 0 saturated carbocycles. The van der Waals surface area contributed by atoms with Gasteiger partial charge in [0.2, 0.25) is 0 Å². The van der Waals surface area contributed by atoms with Gasteiger partial charge < -0.3 is 9.83 Å². The number of hydrogen-bond donors (Lipinski definition) is 1. The molecule has 3 rings (SSSR count). The SMILES string of the molecule is CB(O)N1CCC(N2CCC(=C(C)c3ccc(SC(C)C)cc3)CC2)CC1. The zero-order chi connectivity index (χ0) is 19.4. The van der Waals surface area contributed by atoms with Gasteiger partial charge >= 0.3 is 7.05 Å². The molecule has 27 heavy (non-hydrogen) atoms. The normalized spacial score (nSPS) is 20.3. The lowest BCUT2D eigenvalue weighted by atomic mass is 9.82. The largest absolute Gasteiger partial charge is 0.437 e. The molecule has 5 heteroatoms. The molecular weight excluding hydrogens is 351 g/mol. The number of rotatable bonds is 5. The predicted molar refractivity (Wildman–Crippen MR) is 119 cm³/mol. The van der Waals surface area contributed by atoms with E-state index in [1.165, 1.54) is 54.8 Å². The van der Waals surface area contributed by atoms with Crippen molar-refractivity contribution in [3.63, 3.8) is 0 Å². The average molecular weight is 386 g/mol. The fraction of sp³-hybridized carbons (Fsp3) is 0.636. The van der Waals surface area contributed by atoms with Gasteiger partial charge in [0.15, 0.2) is 0 Å². The van der Waals surface area contributed by atoms with Crippen molar-refractivity contribution >= 4 is 24.4 Å². The zero-order valence-electron chi connectivity index (χ0n) is 17.4. The molecule has 148 valence electrons. The third-order valence-electron chi connectivity index (χ3n) is 6.13. The van der Waals surface area contributed by atoms with Crippen LogP contribution >= 0.6 is 11.8 Å². The Bertz CT molecular complexity index is 626. The van der Waals surface area contributed by atoms with Crippen LogP contribution in [0.1, 0.15) is 52.0 Å². The minimum atomic E-state index is -0.296. The van der Waals surface area contributed by atoms with Crippen LogP contribution in [0.4, 0.5) is 0 Å². The first kappa shape index (κ1) is 21.0. The standard InChI is InChI=1S/C22H35BN2OS/c1-17(2)27-22-7-5-19(6-8-22)18(3)20-9-13-24(14-10-20)21-11-15-25(16-12-21)23(4)26/h5-8,17,21,26H,9-16H2,1-4H3. The molecule has 0 bridgehead atoms. The van der Waals surface area contributed by atoms with E-state index in [0.717, 1.165) is 13.1 Å². The van der Waals surface area contributed by atoms with Gasteiger partial charge in [0.1, 0.15) is 0 Å². The molecule has 0 radical (unpaired) electrons. The fourth-order valence-electron chi connectivity index (χ4n) is 4.42. The maximum Gasteiger partial charge on any atom is 0.376 e. The fourth-order valence-corrected chi connectivity index (χ4v) is 5.26. The molecule has 2 fully saturated rings. The summed E-state index contributed by atoms with van der Waals surface area (Å²) in [5.74, 6) is 0. The highest BCUT2D eigenvalue weighted by atomic mass is 32.2. The van der Waals surface area contributed by atoms with E-state index < -0.39 is 0 Å². The predicted octanol–water partition coefficient (Wildman–Crippen LogP) is 4.63. The number of benzene rings is 1. The van der Waals surface area contributed by atoms with Crippen LogP contribution in [0.5, 0.6) is 0 Å². The van der Waals surface area contributed by atoms with E-state index in [4.69, 9.17) is 0 Å². The molecule has 2 saturated heterocycles. The Balaban J connectivity index is 1.55. The van der Waals surface area contributed by atoms with Crippen LogP contribution in [-0.2, 0) is 0 Å². The molecule has 3 nitrogen and oxygen atoms in total. The number of piperidine rings is 2. The van der Waals surface area contributed by atoms with Gasteiger partial charge in [0.05, 0.1) is 0 Å². The Morgan fingerprint density at radius 3 is 2.19 bits per heavy atom. The van der Waals surface area contributed by atoms with Crippen molar-refractivity contribution < 1.29 is 5.02 Å². The zero-order valence-corrected chi connectivity index (χ0v) is 18.3. The quantitative estimate of drug-likeness (QED) is 0.590. The van der Waals surface area contributed by atoms with Crippen LogP contribution in [0, 0.1) is 0 Å². The third-order valence-corrected chi connectivity index (χ3v) is 7.15. The van der Waals surface area contributed by atoms with Gasteiger partial charge in [0.25, 0.3) is 0 Å². The summed E-state index contributed by atoms with van der Waals surface area (Å²) < 4.78 is 0. The summed E-state index contributed by atoms with van der Waals surface area (Å²) in [7, 11) is -0.296. The van der Waals surface area contributed by atoms with E-state index in [1.807, 2.05) is 18.6 Å². The second-order valence-corrected chi connectivity index (χ2v) is 10.0. The van der Waals surface area contributed by atoms with Gasteiger partial charge in [-0.15, -0.1) is 11.8 Å². The molecule has 1 N–H and O–H groups in total. The third kappa shape index (κ3) is 5.63. The van der Waals surface area contributed by atoms with E-state index in [-0.39, 0.29) is 7.05 Å². The van der Waals surface area contributed by atoms with E-state index in [1.54, 1.807) is 5.57 Å². The molecule has 0 amide bonds. The van der Waals surface area contributed by atoms with Crippen LogP contribution in [-0.4, -0.2) is 59.3 Å². The lowest BCUT2D eigenvalue weighted by molar-refractivity contribution is 0.125. The molecule has 0 aromatic heterocycles. The number of likely N-dealkylation sites (tertiary alicyclic amines) is 1. The average Bonchev–Trinajstić information content (AvgIpc) is 2.68. The number of thioether (sulfide) groups is 1. The minimum Gasteiger partial charge on any atom is -0.437 e. The first-order valence-electron chi connectivity index (χ1n) is 10.6. The molecular formula is C22H35BN2OS. The summed E-state index contributed by atoms with van der Waals surface area (Å²) in [6.07, 6.45) is 4.78. The lowest BCUT2D eigenvalue weighted by Gasteiger charge is -2.41. The molecule has 1 aromatic carbocycles. The first-order chi connectivity index (χ1) is 12.9. The second-order valence-electron chi connectivity index (χ2n) is 8.35. The van der Waals surface area contributed by atoms with Crippen molar-refractivity contribution in [1.29, 1.82) is 0 Å². The van der Waals surface area contributed by atoms with Gasteiger partial charge in [-0.1, -0.05) is 31.6 Å². The summed E-state index contributed by atoms with van der Waals surface area (Å²) in [5.41, 5.74) is 4.51. The summed E-state index contributed by atoms with van der Waals surface area (Å²) in [4.78, 5) is 6.25. The van der Waals surface area contributed by atoms with E-state index in [9.17, 15) is 5.02 Å². The van der Waals surface area contributed by atoms with Crippen molar-refractivity contribution in [2.45, 2.75) is 69.5 Å². The Labute approximate surface area is 170 Å². The molecule has 2 aliphatic rings. The van der Waals surface area contributed by atoms with Crippen molar-refractivity contribution in [3.8, 4) is 0 Å². The van der Waals surface area contributed by atoms with Gasteiger partial charge in [-0.2, -0.15) is 0 Å². The summed E-state index contributed by atoms with van der Waals surface area (Å²) >= 11 is 1.93. The van der Waals surface area contributed by atoms with E-state index in [0.29, 0.717) is 11.3 Å². The van der Waals surface area contributed by atoms with Gasteiger partial charge in [-0.25, -0.2) is 0 Å². The lowest BCUT2D eigenvalue weighted by Crippen LogP contribution is -2.50. The van der Waals surface area contributed by atoms with Crippen molar-refractivity contribution in [2.75, 3.05) is 26.2 Å². The Morgan fingerprint density at radius 1 is 1.07 bits per heavy atom. The molecule has 0 unspecified atom stereocenters. The summed E-state index contributed by atoms with van der Waals surface area (Å²) in [6, 6.07) is 9.84. The molecule has 1 aromatic rings. The molecule has 2 aliphatic heterocycles. The summed E-state index contributed by atoms with van der Waals surface area (Å²) in [6.45, 7) is 13.1. The minimum absolute atomic E-state index is 0.296. The first-order valence-corrected chi connectivity index (χ1v) is 11.4. The molecule has 0 atom stereocenters. The Kier molecular flexibility index (Phi) is 7.49. The van der Waals surface area contributed by atoms with E-state index >= 15 is 0 Å². The van der Waals surface area contributed by atoms with Gasteiger partial charge in [-0.05, 0) is 75.8 Å². The Morgan fingerprint density at radius 2 is 1.67 bits per heavy atom. The highest BCUT2D eigenvalue weighted by Crippen LogP contribution is 2.30. The van der Waals surface area contributed by atoms with Crippen LogP contribution in [0.3, 0.4) is 0 Å². The number of hydrogen-bond acceptors (Lipinski definition) is 4. The summed E-state index contributed by atoms with van der Waals surface area (Å²) in [5, 5.41) is 10.4. The second kappa shape index (κ2) is 9.64. The smallest absolute Gasteiger partial charge is 0.376 e. The maximum absolute atomic E-state index is 9.74.